The number of hydrogen-bond donors (Lipinski definition) is 1. The number of benzene rings is 1. The number of carbonyl (C=O) groups excluding carboxylic acids is 1. The molecule has 1 aliphatic rings. The van der Waals surface area contributed by atoms with Crippen LogP contribution in [0, 0.1) is 6.92 Å². The Balaban J connectivity index is 1.63. The molecule has 0 unspecified atom stereocenters. The van der Waals surface area contributed by atoms with Crippen molar-refractivity contribution in [3.05, 3.63) is 42.1 Å². The lowest BCUT2D eigenvalue weighted by Gasteiger charge is -2.21. The molecule has 0 saturated carbocycles. The van der Waals surface area contributed by atoms with Crippen molar-refractivity contribution in [2.45, 2.75) is 13.0 Å². The summed E-state index contributed by atoms with van der Waals surface area (Å²) in [6, 6.07) is 9.03. The molecular formula is C18H20N2O5. The van der Waals surface area contributed by atoms with E-state index in [2.05, 4.69) is 10.3 Å². The molecule has 1 aromatic carbocycles. The largest absolute Gasteiger partial charge is 0.493 e. The molecule has 0 spiro atoms. The first-order chi connectivity index (χ1) is 12.2. The molecule has 2 heterocycles. The zero-order valence-electron chi connectivity index (χ0n) is 14.2. The Morgan fingerprint density at radius 2 is 2.12 bits per heavy atom. The Morgan fingerprint density at radius 3 is 2.80 bits per heavy atom. The average Bonchev–Trinajstić information content (AvgIpc) is 2.65. The van der Waals surface area contributed by atoms with E-state index in [9.17, 15) is 4.79 Å². The van der Waals surface area contributed by atoms with Crippen molar-refractivity contribution in [1.82, 2.24) is 4.98 Å². The van der Waals surface area contributed by atoms with E-state index < -0.39 is 6.10 Å². The third kappa shape index (κ3) is 4.46. The number of ether oxygens (including phenoxy) is 4. The number of carbonyl (C=O) groups is 1. The highest BCUT2D eigenvalue weighted by Gasteiger charge is 2.22. The van der Waals surface area contributed by atoms with Gasteiger partial charge in [0.05, 0.1) is 38.8 Å². The highest BCUT2D eigenvalue weighted by molar-refractivity contribution is 5.94. The molecule has 7 nitrogen and oxygen atoms in total. The summed E-state index contributed by atoms with van der Waals surface area (Å²) in [6.07, 6.45) is 0.930. The minimum Gasteiger partial charge on any atom is -0.493 e. The van der Waals surface area contributed by atoms with Gasteiger partial charge >= 0.3 is 0 Å². The van der Waals surface area contributed by atoms with Gasteiger partial charge in [0.15, 0.2) is 17.6 Å². The second-order valence-electron chi connectivity index (χ2n) is 5.57. The van der Waals surface area contributed by atoms with E-state index in [-0.39, 0.29) is 12.5 Å². The zero-order valence-corrected chi connectivity index (χ0v) is 14.2. The Bertz CT molecular complexity index is 727. The molecule has 1 aromatic heterocycles. The molecule has 1 atom stereocenters. The van der Waals surface area contributed by atoms with Gasteiger partial charge in [-0.1, -0.05) is 6.07 Å². The topological polar surface area (TPSA) is 78.9 Å². The number of aryl methyl sites for hydroxylation is 1. The number of pyridine rings is 1. The maximum Gasteiger partial charge on any atom is 0.255 e. The van der Waals surface area contributed by atoms with Crippen LogP contribution < -0.4 is 14.8 Å². The van der Waals surface area contributed by atoms with Crippen LogP contribution in [-0.4, -0.2) is 43.9 Å². The molecule has 0 aliphatic carbocycles. The van der Waals surface area contributed by atoms with Gasteiger partial charge in [-0.05, 0) is 30.7 Å². The smallest absolute Gasteiger partial charge is 0.255 e. The van der Waals surface area contributed by atoms with Gasteiger partial charge in [-0.25, -0.2) is 4.98 Å². The van der Waals surface area contributed by atoms with Crippen LogP contribution >= 0.6 is 0 Å². The number of aromatic nitrogens is 1. The summed E-state index contributed by atoms with van der Waals surface area (Å²) in [5.74, 6) is 1.35. The summed E-state index contributed by atoms with van der Waals surface area (Å²) in [5.41, 5.74) is 1.63. The lowest BCUT2D eigenvalue weighted by molar-refractivity contribution is -0.142. The standard InChI is InChI=1S/C18H20N2O5/c1-12-3-5-14(15(9-12)22-2)25-17-6-4-13(10-19-17)20-18(21)16-11-23-7-8-24-16/h3-6,9-10,16H,7-8,11H2,1-2H3,(H,20,21)/t16-/m0/s1. The summed E-state index contributed by atoms with van der Waals surface area (Å²) in [7, 11) is 1.59. The van der Waals surface area contributed by atoms with E-state index in [1.54, 1.807) is 19.2 Å². The van der Waals surface area contributed by atoms with Crippen LogP contribution in [0.1, 0.15) is 5.56 Å². The molecule has 1 fully saturated rings. The Hall–Kier alpha value is -2.64. The molecule has 2 aromatic rings. The number of nitrogens with one attached hydrogen (secondary N) is 1. The predicted molar refractivity (Wildman–Crippen MR) is 91.2 cm³/mol. The summed E-state index contributed by atoms with van der Waals surface area (Å²) >= 11 is 0. The average molecular weight is 344 g/mol. The third-order valence-electron chi connectivity index (χ3n) is 3.65. The zero-order chi connectivity index (χ0) is 17.6. The van der Waals surface area contributed by atoms with Crippen LogP contribution in [0.5, 0.6) is 17.4 Å². The van der Waals surface area contributed by atoms with Crippen molar-refractivity contribution >= 4 is 11.6 Å². The second-order valence-corrected chi connectivity index (χ2v) is 5.57. The molecule has 1 saturated heterocycles. The number of nitrogens with zero attached hydrogens (tertiary/aromatic N) is 1. The third-order valence-corrected chi connectivity index (χ3v) is 3.65. The fraction of sp³-hybridized carbons (Fsp3) is 0.333. The molecule has 25 heavy (non-hydrogen) atoms. The first-order valence-corrected chi connectivity index (χ1v) is 7.94. The minimum absolute atomic E-state index is 0.254. The van der Waals surface area contributed by atoms with Gasteiger partial charge in [-0.2, -0.15) is 0 Å². The Labute approximate surface area is 145 Å². The molecule has 1 N–H and O–H groups in total. The van der Waals surface area contributed by atoms with Crippen LogP contribution in [0.3, 0.4) is 0 Å². The number of amides is 1. The van der Waals surface area contributed by atoms with Crippen LogP contribution in [0.15, 0.2) is 36.5 Å². The molecule has 132 valence electrons. The lowest BCUT2D eigenvalue weighted by atomic mass is 10.2. The van der Waals surface area contributed by atoms with Gasteiger partial charge in [0.1, 0.15) is 0 Å². The van der Waals surface area contributed by atoms with Gasteiger partial charge in [0.2, 0.25) is 5.88 Å². The molecule has 1 aliphatic heterocycles. The SMILES string of the molecule is COc1cc(C)ccc1Oc1ccc(NC(=O)[C@@H]2COCCO2)cn1. The predicted octanol–water partition coefficient (Wildman–Crippen LogP) is 2.54. The Morgan fingerprint density at radius 1 is 1.24 bits per heavy atom. The maximum absolute atomic E-state index is 12.1. The minimum atomic E-state index is -0.596. The van der Waals surface area contributed by atoms with E-state index >= 15 is 0 Å². The van der Waals surface area contributed by atoms with Gasteiger partial charge in [0.25, 0.3) is 5.91 Å². The molecule has 0 bridgehead atoms. The number of rotatable bonds is 5. The highest BCUT2D eigenvalue weighted by Crippen LogP contribution is 2.31. The van der Waals surface area contributed by atoms with Crippen LogP contribution in [0.2, 0.25) is 0 Å². The van der Waals surface area contributed by atoms with Gasteiger partial charge in [-0.3, -0.25) is 4.79 Å². The summed E-state index contributed by atoms with van der Waals surface area (Å²) < 4.78 is 21.6. The number of hydrogen-bond acceptors (Lipinski definition) is 6. The number of methoxy groups -OCH3 is 1. The van der Waals surface area contributed by atoms with Gasteiger partial charge < -0.3 is 24.3 Å². The van der Waals surface area contributed by atoms with Crippen LogP contribution in [0.25, 0.3) is 0 Å². The van der Waals surface area contributed by atoms with E-state index in [0.29, 0.717) is 36.3 Å². The van der Waals surface area contributed by atoms with Crippen molar-refractivity contribution in [2.75, 3.05) is 32.2 Å². The molecule has 3 rings (SSSR count). The molecule has 1 amide bonds. The Kier molecular flexibility index (Phi) is 5.47. The maximum atomic E-state index is 12.1. The van der Waals surface area contributed by atoms with Gasteiger partial charge in [0, 0.05) is 6.07 Å². The normalized spacial score (nSPS) is 17.0. The van der Waals surface area contributed by atoms with Crippen molar-refractivity contribution < 1.29 is 23.7 Å². The lowest BCUT2D eigenvalue weighted by Crippen LogP contribution is -2.39. The summed E-state index contributed by atoms with van der Waals surface area (Å²) in [6.45, 7) is 3.16. The molecule has 0 radical (unpaired) electrons. The van der Waals surface area contributed by atoms with E-state index in [1.165, 1.54) is 6.20 Å². The van der Waals surface area contributed by atoms with E-state index in [1.807, 2.05) is 25.1 Å². The van der Waals surface area contributed by atoms with Crippen molar-refractivity contribution in [2.24, 2.45) is 0 Å². The van der Waals surface area contributed by atoms with E-state index in [4.69, 9.17) is 18.9 Å². The van der Waals surface area contributed by atoms with Crippen LogP contribution in [0.4, 0.5) is 5.69 Å². The summed E-state index contributed by atoms with van der Waals surface area (Å²) in [4.78, 5) is 16.3. The molecular weight excluding hydrogens is 324 g/mol. The number of anilines is 1. The van der Waals surface area contributed by atoms with Crippen molar-refractivity contribution in [1.29, 1.82) is 0 Å². The van der Waals surface area contributed by atoms with Crippen LogP contribution in [-0.2, 0) is 14.3 Å². The monoisotopic (exact) mass is 344 g/mol. The van der Waals surface area contributed by atoms with Crippen molar-refractivity contribution in [3.63, 3.8) is 0 Å². The molecule has 7 heteroatoms. The first kappa shape index (κ1) is 17.2. The fourth-order valence-corrected chi connectivity index (χ4v) is 2.35. The highest BCUT2D eigenvalue weighted by atomic mass is 16.6. The van der Waals surface area contributed by atoms with Crippen molar-refractivity contribution in [3.8, 4) is 17.4 Å². The first-order valence-electron chi connectivity index (χ1n) is 7.94. The second kappa shape index (κ2) is 7.96. The van der Waals surface area contributed by atoms with E-state index in [0.717, 1.165) is 5.56 Å². The fourth-order valence-electron chi connectivity index (χ4n) is 2.35. The van der Waals surface area contributed by atoms with Gasteiger partial charge in [-0.15, -0.1) is 0 Å². The quantitative estimate of drug-likeness (QED) is 0.898. The summed E-state index contributed by atoms with van der Waals surface area (Å²) in [5, 5.41) is 2.75.